The summed E-state index contributed by atoms with van der Waals surface area (Å²) in [7, 11) is 1.86. The Labute approximate surface area is 59.5 Å². The fourth-order valence-electron chi connectivity index (χ4n) is 0.859. The molecule has 1 heterocycles. The standard InChI is InChI=1S/C6H11N3O/c1-5-3-8-9(2)6(5)4-10-7/h3H,4,7H2,1-2H3. The van der Waals surface area contributed by atoms with Crippen LogP contribution in [0.25, 0.3) is 0 Å². The highest BCUT2D eigenvalue weighted by Crippen LogP contribution is 2.04. The van der Waals surface area contributed by atoms with Crippen molar-refractivity contribution in [3.05, 3.63) is 17.5 Å². The van der Waals surface area contributed by atoms with Crippen LogP contribution in [0.3, 0.4) is 0 Å². The predicted molar refractivity (Wildman–Crippen MR) is 36.9 cm³/mol. The maximum Gasteiger partial charge on any atom is 0.110 e. The molecule has 0 aliphatic heterocycles. The molecule has 1 aromatic rings. The van der Waals surface area contributed by atoms with E-state index in [0.29, 0.717) is 6.61 Å². The van der Waals surface area contributed by atoms with Crippen molar-refractivity contribution in [2.75, 3.05) is 0 Å². The molecule has 10 heavy (non-hydrogen) atoms. The molecule has 0 aliphatic carbocycles. The minimum absolute atomic E-state index is 0.419. The van der Waals surface area contributed by atoms with E-state index < -0.39 is 0 Å². The molecular weight excluding hydrogens is 130 g/mol. The lowest BCUT2D eigenvalue weighted by Gasteiger charge is -1.99. The van der Waals surface area contributed by atoms with Crippen molar-refractivity contribution < 1.29 is 4.84 Å². The third kappa shape index (κ3) is 1.17. The first-order chi connectivity index (χ1) is 4.75. The van der Waals surface area contributed by atoms with Crippen LogP contribution in [0.4, 0.5) is 0 Å². The Balaban J connectivity index is 2.87. The van der Waals surface area contributed by atoms with Crippen molar-refractivity contribution in [1.82, 2.24) is 9.78 Å². The number of aromatic nitrogens is 2. The summed E-state index contributed by atoms with van der Waals surface area (Å²) in [4.78, 5) is 4.49. The first-order valence-electron chi connectivity index (χ1n) is 3.05. The van der Waals surface area contributed by atoms with Gasteiger partial charge in [0.05, 0.1) is 11.9 Å². The van der Waals surface area contributed by atoms with E-state index in [1.807, 2.05) is 14.0 Å². The van der Waals surface area contributed by atoms with E-state index in [-0.39, 0.29) is 0 Å². The zero-order chi connectivity index (χ0) is 7.56. The van der Waals surface area contributed by atoms with Gasteiger partial charge in [-0.3, -0.25) is 9.52 Å². The molecule has 4 nitrogen and oxygen atoms in total. The smallest absolute Gasteiger partial charge is 0.110 e. The van der Waals surface area contributed by atoms with Gasteiger partial charge >= 0.3 is 0 Å². The fourth-order valence-corrected chi connectivity index (χ4v) is 0.859. The van der Waals surface area contributed by atoms with E-state index in [1.54, 1.807) is 10.9 Å². The molecule has 0 atom stereocenters. The summed E-state index contributed by atoms with van der Waals surface area (Å²) in [6.45, 7) is 2.39. The van der Waals surface area contributed by atoms with Crippen LogP contribution in [0.1, 0.15) is 11.3 Å². The van der Waals surface area contributed by atoms with Crippen LogP contribution in [0.5, 0.6) is 0 Å². The summed E-state index contributed by atoms with van der Waals surface area (Å²) in [6, 6.07) is 0. The number of rotatable bonds is 2. The van der Waals surface area contributed by atoms with E-state index in [0.717, 1.165) is 11.3 Å². The molecule has 0 bridgehead atoms. The number of nitrogens with two attached hydrogens (primary N) is 1. The average Bonchev–Trinajstić information content (AvgIpc) is 2.20. The molecule has 0 radical (unpaired) electrons. The van der Waals surface area contributed by atoms with Crippen LogP contribution in [0.2, 0.25) is 0 Å². The molecule has 1 rings (SSSR count). The number of aryl methyl sites for hydroxylation is 2. The van der Waals surface area contributed by atoms with Gasteiger partial charge in [-0.15, -0.1) is 0 Å². The van der Waals surface area contributed by atoms with Crippen LogP contribution in [0, 0.1) is 6.92 Å². The first-order valence-corrected chi connectivity index (χ1v) is 3.05. The Morgan fingerprint density at radius 1 is 1.80 bits per heavy atom. The summed E-state index contributed by atoms with van der Waals surface area (Å²) in [5.41, 5.74) is 2.12. The lowest BCUT2D eigenvalue weighted by Crippen LogP contribution is -2.05. The molecule has 1 aromatic heterocycles. The normalized spacial score (nSPS) is 10.3. The second-order valence-electron chi connectivity index (χ2n) is 2.21. The van der Waals surface area contributed by atoms with Crippen LogP contribution < -0.4 is 5.90 Å². The van der Waals surface area contributed by atoms with Gasteiger partial charge in [0.1, 0.15) is 6.61 Å². The van der Waals surface area contributed by atoms with E-state index in [1.165, 1.54) is 0 Å². The Hall–Kier alpha value is -0.870. The molecule has 56 valence electrons. The molecule has 0 aromatic carbocycles. The van der Waals surface area contributed by atoms with Gasteiger partial charge < -0.3 is 0 Å². The van der Waals surface area contributed by atoms with Gasteiger partial charge in [-0.1, -0.05) is 0 Å². The quantitative estimate of drug-likeness (QED) is 0.595. The molecular formula is C6H11N3O. The molecule has 0 saturated carbocycles. The Kier molecular flexibility index (Phi) is 2.03. The Morgan fingerprint density at radius 2 is 2.50 bits per heavy atom. The SMILES string of the molecule is Cc1cnn(C)c1CON. The third-order valence-electron chi connectivity index (χ3n) is 1.49. The van der Waals surface area contributed by atoms with Crippen molar-refractivity contribution in [1.29, 1.82) is 0 Å². The zero-order valence-corrected chi connectivity index (χ0v) is 6.16. The van der Waals surface area contributed by atoms with Gasteiger partial charge in [0.15, 0.2) is 0 Å². The molecule has 0 unspecified atom stereocenters. The maximum atomic E-state index is 4.92. The minimum atomic E-state index is 0.419. The van der Waals surface area contributed by atoms with E-state index in [4.69, 9.17) is 5.90 Å². The summed E-state index contributed by atoms with van der Waals surface area (Å²) < 4.78 is 1.75. The Morgan fingerprint density at radius 3 is 2.90 bits per heavy atom. The average molecular weight is 141 g/mol. The Bertz CT molecular complexity index is 199. The molecule has 0 amide bonds. The highest BCUT2D eigenvalue weighted by molar-refractivity contribution is 5.13. The zero-order valence-electron chi connectivity index (χ0n) is 6.16. The predicted octanol–water partition coefficient (Wildman–Crippen LogP) is 0.119. The summed E-state index contributed by atoms with van der Waals surface area (Å²) >= 11 is 0. The fraction of sp³-hybridized carbons (Fsp3) is 0.500. The minimum Gasteiger partial charge on any atom is -0.298 e. The second kappa shape index (κ2) is 2.81. The largest absolute Gasteiger partial charge is 0.298 e. The van der Waals surface area contributed by atoms with E-state index >= 15 is 0 Å². The first kappa shape index (κ1) is 7.24. The molecule has 0 aliphatic rings. The maximum absolute atomic E-state index is 4.92. The van der Waals surface area contributed by atoms with Crippen molar-refractivity contribution in [2.24, 2.45) is 12.9 Å². The third-order valence-corrected chi connectivity index (χ3v) is 1.49. The topological polar surface area (TPSA) is 53.1 Å². The van der Waals surface area contributed by atoms with Crippen LogP contribution in [-0.2, 0) is 18.5 Å². The van der Waals surface area contributed by atoms with Gasteiger partial charge in [0, 0.05) is 7.05 Å². The molecule has 0 fully saturated rings. The van der Waals surface area contributed by atoms with Gasteiger partial charge in [0.25, 0.3) is 0 Å². The molecule has 4 heteroatoms. The highest BCUT2D eigenvalue weighted by Gasteiger charge is 2.01. The van der Waals surface area contributed by atoms with Gasteiger partial charge in [-0.05, 0) is 12.5 Å². The van der Waals surface area contributed by atoms with E-state index in [2.05, 4.69) is 9.94 Å². The summed E-state index contributed by atoms with van der Waals surface area (Å²) in [5.74, 6) is 4.92. The molecule has 2 N–H and O–H groups in total. The van der Waals surface area contributed by atoms with Crippen LogP contribution in [-0.4, -0.2) is 9.78 Å². The second-order valence-corrected chi connectivity index (χ2v) is 2.21. The lowest BCUT2D eigenvalue weighted by atomic mass is 10.3. The van der Waals surface area contributed by atoms with Crippen molar-refractivity contribution in [2.45, 2.75) is 13.5 Å². The van der Waals surface area contributed by atoms with Crippen LogP contribution >= 0.6 is 0 Å². The van der Waals surface area contributed by atoms with Crippen LogP contribution in [0.15, 0.2) is 6.20 Å². The van der Waals surface area contributed by atoms with Crippen molar-refractivity contribution >= 4 is 0 Å². The number of hydrogen-bond acceptors (Lipinski definition) is 3. The van der Waals surface area contributed by atoms with Crippen molar-refractivity contribution in [3.63, 3.8) is 0 Å². The highest BCUT2D eigenvalue weighted by atomic mass is 16.6. The summed E-state index contributed by atoms with van der Waals surface area (Å²) in [6.07, 6.45) is 1.79. The number of nitrogens with zero attached hydrogens (tertiary/aromatic N) is 2. The summed E-state index contributed by atoms with van der Waals surface area (Å²) in [5, 5.41) is 4.02. The lowest BCUT2D eigenvalue weighted by molar-refractivity contribution is 0.118. The van der Waals surface area contributed by atoms with E-state index in [9.17, 15) is 0 Å². The monoisotopic (exact) mass is 141 g/mol. The van der Waals surface area contributed by atoms with Gasteiger partial charge in [0.2, 0.25) is 0 Å². The number of hydrogen-bond donors (Lipinski definition) is 1. The van der Waals surface area contributed by atoms with Crippen molar-refractivity contribution in [3.8, 4) is 0 Å². The van der Waals surface area contributed by atoms with Gasteiger partial charge in [-0.25, -0.2) is 5.90 Å². The van der Waals surface area contributed by atoms with Gasteiger partial charge in [-0.2, -0.15) is 5.10 Å². The molecule has 0 saturated heterocycles. The molecule has 0 spiro atoms.